The topological polar surface area (TPSA) is 33.7 Å². The zero-order valence-electron chi connectivity index (χ0n) is 11.3. The van der Waals surface area contributed by atoms with E-state index in [4.69, 9.17) is 9.47 Å². The standard InChI is InChI=1S/C14H21FN2O2/c1-18-7-4-16-11-12-10-13(15)2-3-14(12)17-5-8-19-9-6-17/h2-3,10,16H,4-9,11H2,1H3. The molecule has 0 aliphatic carbocycles. The summed E-state index contributed by atoms with van der Waals surface area (Å²) in [6.07, 6.45) is 0. The van der Waals surface area contributed by atoms with Crippen LogP contribution in [0.3, 0.4) is 0 Å². The van der Waals surface area contributed by atoms with E-state index in [0.29, 0.717) is 13.2 Å². The molecule has 5 heteroatoms. The van der Waals surface area contributed by atoms with Crippen molar-refractivity contribution in [3.8, 4) is 0 Å². The smallest absolute Gasteiger partial charge is 0.123 e. The van der Waals surface area contributed by atoms with Crippen molar-refractivity contribution in [1.29, 1.82) is 0 Å². The summed E-state index contributed by atoms with van der Waals surface area (Å²) in [5.74, 6) is -0.194. The van der Waals surface area contributed by atoms with E-state index in [0.717, 1.165) is 44.1 Å². The molecule has 4 nitrogen and oxygen atoms in total. The van der Waals surface area contributed by atoms with Crippen molar-refractivity contribution < 1.29 is 13.9 Å². The average Bonchev–Trinajstić information content (AvgIpc) is 2.45. The van der Waals surface area contributed by atoms with E-state index in [2.05, 4.69) is 10.2 Å². The van der Waals surface area contributed by atoms with Gasteiger partial charge in [-0.2, -0.15) is 0 Å². The van der Waals surface area contributed by atoms with Gasteiger partial charge in [0.2, 0.25) is 0 Å². The summed E-state index contributed by atoms with van der Waals surface area (Å²) in [6.45, 7) is 5.24. The van der Waals surface area contributed by atoms with Crippen LogP contribution in [0.15, 0.2) is 18.2 Å². The van der Waals surface area contributed by atoms with Crippen LogP contribution >= 0.6 is 0 Å². The van der Waals surface area contributed by atoms with Gasteiger partial charge in [0.25, 0.3) is 0 Å². The fourth-order valence-electron chi connectivity index (χ4n) is 2.21. The van der Waals surface area contributed by atoms with Gasteiger partial charge in [-0.25, -0.2) is 4.39 Å². The van der Waals surface area contributed by atoms with Gasteiger partial charge in [-0.15, -0.1) is 0 Å². The average molecular weight is 268 g/mol. The predicted octanol–water partition coefficient (Wildman–Crippen LogP) is 1.40. The van der Waals surface area contributed by atoms with E-state index in [1.807, 2.05) is 6.07 Å². The highest BCUT2D eigenvalue weighted by molar-refractivity contribution is 5.54. The Morgan fingerprint density at radius 1 is 1.37 bits per heavy atom. The molecule has 1 heterocycles. The number of ether oxygens (including phenoxy) is 2. The molecule has 0 aromatic heterocycles. The second kappa shape index (κ2) is 7.43. The molecule has 0 amide bonds. The lowest BCUT2D eigenvalue weighted by atomic mass is 10.1. The highest BCUT2D eigenvalue weighted by Crippen LogP contribution is 2.22. The molecule has 1 saturated heterocycles. The van der Waals surface area contributed by atoms with Crippen molar-refractivity contribution in [2.24, 2.45) is 0 Å². The van der Waals surface area contributed by atoms with Crippen LogP contribution in [0.5, 0.6) is 0 Å². The van der Waals surface area contributed by atoms with Gasteiger partial charge in [0.1, 0.15) is 5.82 Å². The van der Waals surface area contributed by atoms with Crippen molar-refractivity contribution in [3.63, 3.8) is 0 Å². The van der Waals surface area contributed by atoms with Crippen LogP contribution in [0, 0.1) is 5.82 Å². The van der Waals surface area contributed by atoms with E-state index >= 15 is 0 Å². The Morgan fingerprint density at radius 3 is 2.89 bits per heavy atom. The minimum atomic E-state index is -0.194. The van der Waals surface area contributed by atoms with Crippen molar-refractivity contribution >= 4 is 5.69 Å². The lowest BCUT2D eigenvalue weighted by molar-refractivity contribution is 0.122. The maximum absolute atomic E-state index is 13.4. The fourth-order valence-corrected chi connectivity index (χ4v) is 2.21. The third-order valence-corrected chi connectivity index (χ3v) is 3.19. The Morgan fingerprint density at radius 2 is 2.16 bits per heavy atom. The monoisotopic (exact) mass is 268 g/mol. The third kappa shape index (κ3) is 4.16. The molecule has 0 atom stereocenters. The number of nitrogens with one attached hydrogen (secondary N) is 1. The molecule has 1 aliphatic heterocycles. The van der Waals surface area contributed by atoms with Crippen molar-refractivity contribution in [1.82, 2.24) is 5.32 Å². The highest BCUT2D eigenvalue weighted by atomic mass is 19.1. The Balaban J connectivity index is 2.03. The lowest BCUT2D eigenvalue weighted by Crippen LogP contribution is -2.37. The number of anilines is 1. The molecule has 0 radical (unpaired) electrons. The molecule has 0 unspecified atom stereocenters. The number of morpholine rings is 1. The first-order chi connectivity index (χ1) is 9.31. The largest absolute Gasteiger partial charge is 0.383 e. The van der Waals surface area contributed by atoms with Crippen LogP contribution < -0.4 is 10.2 Å². The molecule has 1 aromatic rings. The van der Waals surface area contributed by atoms with Gasteiger partial charge in [0.05, 0.1) is 19.8 Å². The van der Waals surface area contributed by atoms with E-state index in [9.17, 15) is 4.39 Å². The number of methoxy groups -OCH3 is 1. The second-order valence-electron chi connectivity index (χ2n) is 4.54. The molecule has 1 aromatic carbocycles. The third-order valence-electron chi connectivity index (χ3n) is 3.19. The van der Waals surface area contributed by atoms with Gasteiger partial charge >= 0.3 is 0 Å². The van der Waals surface area contributed by atoms with Gasteiger partial charge in [-0.3, -0.25) is 0 Å². The Labute approximate surface area is 113 Å². The molecule has 1 aliphatic rings. The highest BCUT2D eigenvalue weighted by Gasteiger charge is 2.15. The van der Waals surface area contributed by atoms with Crippen LogP contribution in [-0.4, -0.2) is 46.6 Å². The Bertz CT molecular complexity index is 395. The Hall–Kier alpha value is -1.17. The predicted molar refractivity (Wildman–Crippen MR) is 73.0 cm³/mol. The molecular weight excluding hydrogens is 247 g/mol. The van der Waals surface area contributed by atoms with E-state index in [-0.39, 0.29) is 5.82 Å². The van der Waals surface area contributed by atoms with Crippen LogP contribution in [-0.2, 0) is 16.0 Å². The molecule has 0 saturated carbocycles. The number of rotatable bonds is 6. The van der Waals surface area contributed by atoms with Crippen molar-refractivity contribution in [2.75, 3.05) is 51.5 Å². The molecule has 19 heavy (non-hydrogen) atoms. The molecular formula is C14H21FN2O2. The SMILES string of the molecule is COCCNCc1cc(F)ccc1N1CCOCC1. The first-order valence-corrected chi connectivity index (χ1v) is 6.62. The minimum Gasteiger partial charge on any atom is -0.383 e. The molecule has 1 N–H and O–H groups in total. The van der Waals surface area contributed by atoms with Crippen LogP contribution in [0.1, 0.15) is 5.56 Å². The quantitative estimate of drug-likeness (QED) is 0.791. The van der Waals surface area contributed by atoms with Gasteiger partial charge < -0.3 is 19.7 Å². The van der Waals surface area contributed by atoms with Crippen LogP contribution in [0.25, 0.3) is 0 Å². The minimum absolute atomic E-state index is 0.194. The van der Waals surface area contributed by atoms with E-state index in [1.165, 1.54) is 6.07 Å². The first-order valence-electron chi connectivity index (χ1n) is 6.62. The van der Waals surface area contributed by atoms with Gasteiger partial charge in [0, 0.05) is 39.0 Å². The summed E-state index contributed by atoms with van der Waals surface area (Å²) in [4.78, 5) is 2.25. The molecule has 0 bridgehead atoms. The van der Waals surface area contributed by atoms with Gasteiger partial charge in [-0.1, -0.05) is 0 Å². The Kier molecular flexibility index (Phi) is 5.57. The van der Waals surface area contributed by atoms with Gasteiger partial charge in [0.15, 0.2) is 0 Å². The number of benzene rings is 1. The number of hydrogen-bond donors (Lipinski definition) is 1. The van der Waals surface area contributed by atoms with E-state index < -0.39 is 0 Å². The number of nitrogens with zero attached hydrogens (tertiary/aromatic N) is 1. The van der Waals surface area contributed by atoms with Crippen molar-refractivity contribution in [3.05, 3.63) is 29.6 Å². The van der Waals surface area contributed by atoms with Gasteiger partial charge in [-0.05, 0) is 23.8 Å². The van der Waals surface area contributed by atoms with Crippen LogP contribution in [0.2, 0.25) is 0 Å². The lowest BCUT2D eigenvalue weighted by Gasteiger charge is -2.30. The van der Waals surface area contributed by atoms with Crippen molar-refractivity contribution in [2.45, 2.75) is 6.54 Å². The first kappa shape index (κ1) is 14.2. The summed E-state index contributed by atoms with van der Waals surface area (Å²) in [5.41, 5.74) is 2.08. The zero-order valence-corrected chi connectivity index (χ0v) is 11.3. The normalized spacial score (nSPS) is 15.8. The molecule has 106 valence electrons. The number of hydrogen-bond acceptors (Lipinski definition) is 4. The maximum Gasteiger partial charge on any atom is 0.123 e. The second-order valence-corrected chi connectivity index (χ2v) is 4.54. The zero-order chi connectivity index (χ0) is 13.5. The summed E-state index contributed by atoms with van der Waals surface area (Å²) in [6, 6.07) is 4.97. The summed E-state index contributed by atoms with van der Waals surface area (Å²) >= 11 is 0. The van der Waals surface area contributed by atoms with Crippen LogP contribution in [0.4, 0.5) is 10.1 Å². The summed E-state index contributed by atoms with van der Waals surface area (Å²) in [5, 5.41) is 3.26. The number of halogens is 1. The summed E-state index contributed by atoms with van der Waals surface area (Å²) in [7, 11) is 1.67. The summed E-state index contributed by atoms with van der Waals surface area (Å²) < 4.78 is 23.7. The molecule has 0 spiro atoms. The maximum atomic E-state index is 13.4. The molecule has 2 rings (SSSR count). The molecule has 1 fully saturated rings. The fraction of sp³-hybridized carbons (Fsp3) is 0.571. The van der Waals surface area contributed by atoms with E-state index in [1.54, 1.807) is 13.2 Å².